The van der Waals surface area contributed by atoms with Crippen LogP contribution >= 0.6 is 22.6 Å². The van der Waals surface area contributed by atoms with Gasteiger partial charge in [-0.3, -0.25) is 4.79 Å². The van der Waals surface area contributed by atoms with Gasteiger partial charge >= 0.3 is 0 Å². The van der Waals surface area contributed by atoms with E-state index in [2.05, 4.69) is 22.6 Å². The third-order valence-corrected chi connectivity index (χ3v) is 4.27. The van der Waals surface area contributed by atoms with Crippen LogP contribution < -0.4 is 0 Å². The Bertz CT molecular complexity index is 638. The highest BCUT2D eigenvalue weighted by Crippen LogP contribution is 2.19. The first-order valence-electron chi connectivity index (χ1n) is 5.71. The Balaban J connectivity index is 2.26. The molecule has 0 amide bonds. The molecule has 0 spiro atoms. The van der Waals surface area contributed by atoms with E-state index in [0.717, 1.165) is 21.3 Å². The highest BCUT2D eigenvalue weighted by atomic mass is 127. The fraction of sp³-hybridized carbons (Fsp3) is 0.133. The van der Waals surface area contributed by atoms with Gasteiger partial charge < -0.3 is 0 Å². The molecule has 0 aliphatic rings. The first-order valence-corrected chi connectivity index (χ1v) is 6.79. The van der Waals surface area contributed by atoms with Gasteiger partial charge in [-0.25, -0.2) is 8.78 Å². The number of ketones is 1. The van der Waals surface area contributed by atoms with Crippen LogP contribution in [-0.4, -0.2) is 5.78 Å². The summed E-state index contributed by atoms with van der Waals surface area (Å²) >= 11 is 2.12. The van der Waals surface area contributed by atoms with Crippen molar-refractivity contribution in [2.45, 2.75) is 13.3 Å². The molecule has 0 aliphatic heterocycles. The molecule has 2 aromatic rings. The van der Waals surface area contributed by atoms with Crippen LogP contribution in [0.15, 0.2) is 36.4 Å². The third kappa shape index (κ3) is 3.18. The highest BCUT2D eigenvalue weighted by molar-refractivity contribution is 14.1. The molecule has 0 bridgehead atoms. The van der Waals surface area contributed by atoms with Crippen molar-refractivity contribution >= 4 is 28.4 Å². The molecule has 19 heavy (non-hydrogen) atoms. The van der Waals surface area contributed by atoms with Crippen molar-refractivity contribution in [2.75, 3.05) is 0 Å². The Kier molecular flexibility index (Phi) is 4.29. The van der Waals surface area contributed by atoms with Crippen molar-refractivity contribution in [3.05, 3.63) is 68.3 Å². The van der Waals surface area contributed by atoms with Crippen LogP contribution in [0.4, 0.5) is 8.78 Å². The van der Waals surface area contributed by atoms with Crippen LogP contribution in [0.3, 0.4) is 0 Å². The highest BCUT2D eigenvalue weighted by Gasteiger charge is 2.13. The summed E-state index contributed by atoms with van der Waals surface area (Å²) in [6.07, 6.45) is 0.0661. The number of benzene rings is 2. The number of hydrogen-bond donors (Lipinski definition) is 0. The van der Waals surface area contributed by atoms with Crippen molar-refractivity contribution in [3.63, 3.8) is 0 Å². The van der Waals surface area contributed by atoms with E-state index in [4.69, 9.17) is 0 Å². The SMILES string of the molecule is Cc1cccc(C(=O)Cc2ccc(F)c(F)c2)c1I. The average Bonchev–Trinajstić information content (AvgIpc) is 2.37. The summed E-state index contributed by atoms with van der Waals surface area (Å²) in [5.41, 5.74) is 2.11. The lowest BCUT2D eigenvalue weighted by atomic mass is 10.0. The molecule has 0 aliphatic carbocycles. The molecule has 0 saturated carbocycles. The van der Waals surface area contributed by atoms with Gasteiger partial charge in [0.25, 0.3) is 0 Å². The van der Waals surface area contributed by atoms with Gasteiger partial charge in [0.1, 0.15) is 0 Å². The zero-order chi connectivity index (χ0) is 14.0. The maximum absolute atomic E-state index is 13.1. The van der Waals surface area contributed by atoms with E-state index in [1.54, 1.807) is 6.07 Å². The molecule has 98 valence electrons. The second kappa shape index (κ2) is 5.77. The minimum absolute atomic E-state index is 0.0661. The van der Waals surface area contributed by atoms with E-state index < -0.39 is 11.6 Å². The Labute approximate surface area is 123 Å². The number of carbonyl (C=O) groups excluding carboxylic acids is 1. The lowest BCUT2D eigenvalue weighted by molar-refractivity contribution is 0.0992. The van der Waals surface area contributed by atoms with Gasteiger partial charge in [-0.15, -0.1) is 0 Å². The predicted octanol–water partition coefficient (Wildman–Crippen LogP) is 4.30. The molecule has 0 N–H and O–H groups in total. The predicted molar refractivity (Wildman–Crippen MR) is 78.3 cm³/mol. The lowest BCUT2D eigenvalue weighted by Gasteiger charge is -2.06. The Morgan fingerprint density at radius 3 is 2.58 bits per heavy atom. The molecule has 0 heterocycles. The summed E-state index contributed by atoms with van der Waals surface area (Å²) < 4.78 is 26.8. The van der Waals surface area contributed by atoms with E-state index in [1.807, 2.05) is 19.1 Å². The van der Waals surface area contributed by atoms with Crippen LogP contribution in [-0.2, 0) is 6.42 Å². The number of halogens is 3. The minimum atomic E-state index is -0.927. The standard InChI is InChI=1S/C15H11F2IO/c1-9-3-2-4-11(15(9)18)14(19)8-10-5-6-12(16)13(17)7-10/h2-7H,8H2,1H3. The van der Waals surface area contributed by atoms with E-state index in [9.17, 15) is 13.6 Å². The van der Waals surface area contributed by atoms with Gasteiger partial charge in [0.15, 0.2) is 17.4 Å². The molecular formula is C15H11F2IO. The first-order chi connectivity index (χ1) is 8.99. The van der Waals surface area contributed by atoms with Crippen molar-refractivity contribution in [2.24, 2.45) is 0 Å². The van der Waals surface area contributed by atoms with Gasteiger partial charge in [0.05, 0.1) is 0 Å². The molecule has 0 saturated heterocycles. The van der Waals surface area contributed by atoms with Crippen molar-refractivity contribution < 1.29 is 13.6 Å². The molecule has 0 aromatic heterocycles. The number of hydrogen-bond acceptors (Lipinski definition) is 1. The maximum Gasteiger partial charge on any atom is 0.168 e. The van der Waals surface area contributed by atoms with Crippen LogP contribution in [0.2, 0.25) is 0 Å². The largest absolute Gasteiger partial charge is 0.294 e. The maximum atomic E-state index is 13.1. The summed E-state index contributed by atoms with van der Waals surface area (Å²) in [5.74, 6) is -1.93. The third-order valence-electron chi connectivity index (χ3n) is 2.84. The second-order valence-corrected chi connectivity index (χ2v) is 5.36. The zero-order valence-electron chi connectivity index (χ0n) is 10.2. The van der Waals surface area contributed by atoms with Crippen LogP contribution in [0.1, 0.15) is 21.5 Å². The van der Waals surface area contributed by atoms with Gasteiger partial charge in [0, 0.05) is 15.6 Å². The van der Waals surface area contributed by atoms with Gasteiger partial charge in [0.2, 0.25) is 0 Å². The Hall–Kier alpha value is -1.30. The topological polar surface area (TPSA) is 17.1 Å². The zero-order valence-corrected chi connectivity index (χ0v) is 12.4. The number of aryl methyl sites for hydroxylation is 1. The monoisotopic (exact) mass is 372 g/mol. The lowest BCUT2D eigenvalue weighted by Crippen LogP contribution is -2.07. The second-order valence-electron chi connectivity index (χ2n) is 4.28. The summed E-state index contributed by atoms with van der Waals surface area (Å²) in [5, 5.41) is 0. The van der Waals surface area contributed by atoms with Crippen LogP contribution in [0, 0.1) is 22.1 Å². The Morgan fingerprint density at radius 1 is 1.16 bits per heavy atom. The normalized spacial score (nSPS) is 10.5. The number of rotatable bonds is 3. The molecule has 2 aromatic carbocycles. The van der Waals surface area contributed by atoms with Gasteiger partial charge in [-0.1, -0.05) is 24.3 Å². The van der Waals surface area contributed by atoms with Crippen molar-refractivity contribution in [1.29, 1.82) is 0 Å². The molecule has 0 radical (unpaired) electrons. The van der Waals surface area contributed by atoms with Gasteiger partial charge in [-0.2, -0.15) is 0 Å². The fourth-order valence-corrected chi connectivity index (χ4v) is 2.45. The molecule has 0 fully saturated rings. The molecule has 2 rings (SSSR count). The summed E-state index contributed by atoms with van der Waals surface area (Å²) in [7, 11) is 0. The first kappa shape index (κ1) is 14.1. The molecule has 0 atom stereocenters. The summed E-state index contributed by atoms with van der Waals surface area (Å²) in [4.78, 5) is 12.2. The van der Waals surface area contributed by atoms with Gasteiger partial charge in [-0.05, 0) is 52.8 Å². The van der Waals surface area contributed by atoms with E-state index in [0.29, 0.717) is 11.1 Å². The smallest absolute Gasteiger partial charge is 0.168 e. The van der Waals surface area contributed by atoms with Crippen LogP contribution in [0.5, 0.6) is 0 Å². The number of carbonyl (C=O) groups is 1. The van der Waals surface area contributed by atoms with Crippen molar-refractivity contribution in [3.8, 4) is 0 Å². The quantitative estimate of drug-likeness (QED) is 0.580. The summed E-state index contributed by atoms with van der Waals surface area (Å²) in [6, 6.07) is 9.02. The molecule has 0 unspecified atom stereocenters. The van der Waals surface area contributed by atoms with E-state index in [1.165, 1.54) is 6.07 Å². The van der Waals surface area contributed by atoms with Crippen molar-refractivity contribution in [1.82, 2.24) is 0 Å². The molecule has 4 heteroatoms. The molecule has 1 nitrogen and oxygen atoms in total. The molecular weight excluding hydrogens is 361 g/mol. The fourth-order valence-electron chi connectivity index (χ4n) is 1.79. The Morgan fingerprint density at radius 2 is 1.89 bits per heavy atom. The summed E-state index contributed by atoms with van der Waals surface area (Å²) in [6.45, 7) is 1.93. The van der Waals surface area contributed by atoms with Crippen LogP contribution in [0.25, 0.3) is 0 Å². The van der Waals surface area contributed by atoms with E-state index in [-0.39, 0.29) is 12.2 Å². The average molecular weight is 372 g/mol. The number of Topliss-reactive ketones (excluding diaryl/α,β-unsaturated/α-hetero) is 1. The minimum Gasteiger partial charge on any atom is -0.294 e. The van der Waals surface area contributed by atoms with E-state index >= 15 is 0 Å².